The van der Waals surface area contributed by atoms with Gasteiger partial charge in [0.05, 0.1) is 0 Å². The Morgan fingerprint density at radius 2 is 2.04 bits per heavy atom. The van der Waals surface area contributed by atoms with Crippen molar-refractivity contribution in [2.24, 2.45) is 5.41 Å². The monoisotopic (exact) mass is 332 g/mol. The predicted molar refractivity (Wildman–Crippen MR) is 89.4 cm³/mol. The summed E-state index contributed by atoms with van der Waals surface area (Å²) in [5.41, 5.74) is 0.824. The van der Waals surface area contributed by atoms with Crippen LogP contribution in [0.2, 0.25) is 0 Å². The van der Waals surface area contributed by atoms with E-state index < -0.39 is 23.8 Å². The highest BCUT2D eigenvalue weighted by Crippen LogP contribution is 2.49. The molecule has 2 heterocycles. The molecule has 2 aliphatic rings. The van der Waals surface area contributed by atoms with Gasteiger partial charge in [-0.25, -0.2) is 4.79 Å². The molecule has 0 bridgehead atoms. The van der Waals surface area contributed by atoms with Gasteiger partial charge >= 0.3 is 5.97 Å². The minimum atomic E-state index is -1.38. The predicted octanol–water partition coefficient (Wildman–Crippen LogP) is 2.06. The van der Waals surface area contributed by atoms with E-state index in [0.717, 1.165) is 11.3 Å². The Morgan fingerprint density at radius 3 is 2.62 bits per heavy atom. The average Bonchev–Trinajstić information content (AvgIpc) is 2.85. The molecule has 1 amide bonds. The van der Waals surface area contributed by atoms with Crippen molar-refractivity contribution in [2.45, 2.75) is 58.3 Å². The Morgan fingerprint density at radius 1 is 1.38 bits per heavy atom. The molecule has 3 N–H and O–H groups in total. The number of carbonyl (C=O) groups is 2. The van der Waals surface area contributed by atoms with Gasteiger partial charge in [0, 0.05) is 24.1 Å². The Balaban J connectivity index is 2.01. The summed E-state index contributed by atoms with van der Waals surface area (Å²) in [6.45, 7) is 7.75. The molecule has 0 spiro atoms. The van der Waals surface area contributed by atoms with Gasteiger partial charge in [-0.1, -0.05) is 32.9 Å². The lowest BCUT2D eigenvalue weighted by molar-refractivity contribution is -0.150. The number of carboxylic acid groups (broad SMARTS) is 1. The standard InChI is InChI=1S/C18H24N2O4/c1-10-5-6-11-12(7-10)19-16-18(11,24)8-13(15(22)23)20(16)14(21)9-17(2,3)4/h5-7,13,16,19,24H,8-9H2,1-4H3,(H,22,23)/t13-,16?,18?/m0/s1. The molecule has 0 aliphatic carbocycles. The van der Waals surface area contributed by atoms with E-state index in [1.54, 1.807) is 0 Å². The van der Waals surface area contributed by atoms with E-state index in [-0.39, 0.29) is 24.2 Å². The second-order valence-electron chi connectivity index (χ2n) is 8.12. The molecule has 0 radical (unpaired) electrons. The van der Waals surface area contributed by atoms with Crippen molar-refractivity contribution in [2.75, 3.05) is 5.32 Å². The lowest BCUT2D eigenvalue weighted by Crippen LogP contribution is -2.50. The van der Waals surface area contributed by atoms with Crippen molar-refractivity contribution in [1.82, 2.24) is 4.90 Å². The normalized spacial score (nSPS) is 28.3. The number of benzene rings is 1. The summed E-state index contributed by atoms with van der Waals surface area (Å²) in [4.78, 5) is 25.8. The van der Waals surface area contributed by atoms with Gasteiger partial charge in [-0.3, -0.25) is 4.79 Å². The van der Waals surface area contributed by atoms with E-state index in [1.165, 1.54) is 4.90 Å². The number of carbonyl (C=O) groups excluding carboxylic acids is 1. The molecule has 1 aromatic rings. The molecule has 6 nitrogen and oxygen atoms in total. The summed E-state index contributed by atoms with van der Waals surface area (Å²) in [5, 5.41) is 23.9. The number of aliphatic hydroxyl groups is 1. The van der Waals surface area contributed by atoms with Gasteiger partial charge in [0.25, 0.3) is 0 Å². The second kappa shape index (κ2) is 5.21. The summed E-state index contributed by atoms with van der Waals surface area (Å²) in [6, 6.07) is 4.58. The highest BCUT2D eigenvalue weighted by Gasteiger charge is 2.60. The Hall–Kier alpha value is -2.08. The molecule has 2 aliphatic heterocycles. The Kier molecular flexibility index (Phi) is 3.64. The van der Waals surface area contributed by atoms with Crippen LogP contribution in [0.25, 0.3) is 0 Å². The zero-order valence-corrected chi connectivity index (χ0v) is 14.5. The first-order valence-electron chi connectivity index (χ1n) is 8.17. The maximum absolute atomic E-state index is 12.8. The van der Waals surface area contributed by atoms with E-state index in [2.05, 4.69) is 5.32 Å². The number of likely N-dealkylation sites (tertiary alicyclic amines) is 1. The van der Waals surface area contributed by atoms with Gasteiger partial charge in [0.2, 0.25) is 5.91 Å². The van der Waals surface area contributed by atoms with Gasteiger partial charge in [0.1, 0.15) is 17.8 Å². The molecule has 1 fully saturated rings. The van der Waals surface area contributed by atoms with Crippen LogP contribution in [0.5, 0.6) is 0 Å². The summed E-state index contributed by atoms with van der Waals surface area (Å²) in [7, 11) is 0. The summed E-state index contributed by atoms with van der Waals surface area (Å²) in [6.07, 6.45) is -0.530. The number of nitrogens with zero attached hydrogens (tertiary/aromatic N) is 1. The lowest BCUT2D eigenvalue weighted by atomic mass is 9.90. The Bertz CT molecular complexity index is 709. The maximum atomic E-state index is 12.8. The maximum Gasteiger partial charge on any atom is 0.326 e. The van der Waals surface area contributed by atoms with Gasteiger partial charge in [-0.05, 0) is 24.0 Å². The van der Waals surface area contributed by atoms with E-state index in [1.807, 2.05) is 45.9 Å². The largest absolute Gasteiger partial charge is 0.480 e. The van der Waals surface area contributed by atoms with Crippen molar-refractivity contribution in [3.05, 3.63) is 29.3 Å². The number of carboxylic acids is 1. The number of rotatable bonds is 2. The topological polar surface area (TPSA) is 89.9 Å². The van der Waals surface area contributed by atoms with Crippen LogP contribution < -0.4 is 5.32 Å². The van der Waals surface area contributed by atoms with Crippen molar-refractivity contribution in [1.29, 1.82) is 0 Å². The molecule has 0 aromatic heterocycles. The van der Waals surface area contributed by atoms with E-state index in [4.69, 9.17) is 0 Å². The molecule has 130 valence electrons. The molecule has 6 heteroatoms. The number of aryl methyl sites for hydroxylation is 1. The van der Waals surface area contributed by atoms with Crippen molar-refractivity contribution in [3.8, 4) is 0 Å². The number of fused-ring (bicyclic) bond motifs is 3. The first-order valence-corrected chi connectivity index (χ1v) is 8.17. The van der Waals surface area contributed by atoms with E-state index in [9.17, 15) is 19.8 Å². The fourth-order valence-corrected chi connectivity index (χ4v) is 3.73. The van der Waals surface area contributed by atoms with Crippen LogP contribution in [0.1, 0.15) is 44.7 Å². The van der Waals surface area contributed by atoms with Gasteiger partial charge < -0.3 is 20.4 Å². The highest BCUT2D eigenvalue weighted by atomic mass is 16.4. The lowest BCUT2D eigenvalue weighted by Gasteiger charge is -2.32. The Labute approximate surface area is 141 Å². The third-order valence-corrected chi connectivity index (χ3v) is 4.76. The zero-order chi connectivity index (χ0) is 17.9. The molecule has 2 unspecified atom stereocenters. The summed E-state index contributed by atoms with van der Waals surface area (Å²) >= 11 is 0. The van der Waals surface area contributed by atoms with Crippen molar-refractivity contribution < 1.29 is 19.8 Å². The van der Waals surface area contributed by atoms with E-state index in [0.29, 0.717) is 5.56 Å². The number of hydrogen-bond acceptors (Lipinski definition) is 4. The number of aliphatic carboxylic acids is 1. The first-order chi connectivity index (χ1) is 11.0. The minimum absolute atomic E-state index is 0.00799. The molecular weight excluding hydrogens is 308 g/mol. The third-order valence-electron chi connectivity index (χ3n) is 4.76. The summed E-state index contributed by atoms with van der Waals surface area (Å²) < 4.78 is 0. The van der Waals surface area contributed by atoms with Gasteiger partial charge in [-0.2, -0.15) is 0 Å². The molecule has 1 aromatic carbocycles. The average molecular weight is 332 g/mol. The fourth-order valence-electron chi connectivity index (χ4n) is 3.73. The van der Waals surface area contributed by atoms with Crippen LogP contribution in [0.15, 0.2) is 18.2 Å². The third kappa shape index (κ3) is 2.55. The SMILES string of the molecule is Cc1ccc2c(c1)NC1N(C(=O)CC(C)(C)C)[C@H](C(=O)O)CC21O. The van der Waals surface area contributed by atoms with Crippen LogP contribution >= 0.6 is 0 Å². The van der Waals surface area contributed by atoms with Crippen molar-refractivity contribution >= 4 is 17.6 Å². The second-order valence-corrected chi connectivity index (χ2v) is 8.12. The van der Waals surface area contributed by atoms with E-state index >= 15 is 0 Å². The smallest absolute Gasteiger partial charge is 0.326 e. The van der Waals surface area contributed by atoms with Crippen LogP contribution in [0.3, 0.4) is 0 Å². The molecule has 1 saturated heterocycles. The molecular formula is C18H24N2O4. The molecule has 0 saturated carbocycles. The number of anilines is 1. The number of amides is 1. The highest BCUT2D eigenvalue weighted by molar-refractivity contribution is 5.87. The quantitative estimate of drug-likeness (QED) is 0.771. The zero-order valence-electron chi connectivity index (χ0n) is 14.5. The summed E-state index contributed by atoms with van der Waals surface area (Å²) in [5.74, 6) is -1.34. The molecule has 3 rings (SSSR count). The minimum Gasteiger partial charge on any atom is -0.480 e. The number of hydrogen-bond donors (Lipinski definition) is 3. The first kappa shape index (κ1) is 16.8. The number of nitrogens with one attached hydrogen (secondary N) is 1. The van der Waals surface area contributed by atoms with Crippen LogP contribution in [0, 0.1) is 12.3 Å². The van der Waals surface area contributed by atoms with Gasteiger partial charge in [0.15, 0.2) is 0 Å². The van der Waals surface area contributed by atoms with Crippen LogP contribution in [-0.2, 0) is 15.2 Å². The van der Waals surface area contributed by atoms with Crippen molar-refractivity contribution in [3.63, 3.8) is 0 Å². The molecule has 3 atom stereocenters. The van der Waals surface area contributed by atoms with Crippen LogP contribution in [0.4, 0.5) is 5.69 Å². The molecule has 24 heavy (non-hydrogen) atoms. The van der Waals surface area contributed by atoms with Crippen LogP contribution in [-0.4, -0.2) is 39.2 Å². The van der Waals surface area contributed by atoms with Gasteiger partial charge in [-0.15, -0.1) is 0 Å². The fraction of sp³-hybridized carbons (Fsp3) is 0.556.